The first-order chi connectivity index (χ1) is 9.58. The second-order valence-electron chi connectivity index (χ2n) is 7.36. The molecule has 2 unspecified atom stereocenters. The average Bonchev–Trinajstić information content (AvgIpc) is 2.66. The van der Waals surface area contributed by atoms with Crippen molar-refractivity contribution < 1.29 is 14.3 Å². The van der Waals surface area contributed by atoms with Gasteiger partial charge in [-0.2, -0.15) is 0 Å². The van der Waals surface area contributed by atoms with E-state index in [1.54, 1.807) is 0 Å². The molecule has 5 heteroatoms. The van der Waals surface area contributed by atoms with E-state index in [4.69, 9.17) is 9.47 Å². The highest BCUT2D eigenvalue weighted by atomic mass is 127. The third-order valence-electron chi connectivity index (χ3n) is 3.36. The second-order valence-corrected chi connectivity index (χ2v) is 9.11. The van der Waals surface area contributed by atoms with Gasteiger partial charge >= 0.3 is 0 Å². The van der Waals surface area contributed by atoms with Crippen LogP contribution in [-0.2, 0) is 14.3 Å². The topological polar surface area (TPSA) is 38.8 Å². The molecule has 1 saturated heterocycles. The summed E-state index contributed by atoms with van der Waals surface area (Å²) in [5, 5.41) is 0. The monoisotopic (exact) mass is 411 g/mol. The number of alkyl halides is 1. The Morgan fingerprint density at radius 2 is 1.95 bits per heavy atom. The van der Waals surface area contributed by atoms with Crippen LogP contribution < -0.4 is 0 Å². The molecule has 0 aromatic heterocycles. The molecule has 1 rings (SSSR count). The minimum Gasteiger partial charge on any atom is -0.374 e. The minimum atomic E-state index is 0.00996. The number of halogens is 1. The first-order valence-electron chi connectivity index (χ1n) is 7.79. The summed E-state index contributed by atoms with van der Waals surface area (Å²) in [5.41, 5.74) is 0.00996. The lowest BCUT2D eigenvalue weighted by Crippen LogP contribution is -2.40. The number of rotatable bonds is 6. The molecule has 0 aromatic rings. The van der Waals surface area contributed by atoms with E-state index in [9.17, 15) is 4.79 Å². The van der Waals surface area contributed by atoms with Gasteiger partial charge in [-0.15, -0.1) is 0 Å². The summed E-state index contributed by atoms with van der Waals surface area (Å²) < 4.78 is 11.8. The van der Waals surface area contributed by atoms with Gasteiger partial charge in [0, 0.05) is 13.0 Å². The molecule has 1 aliphatic rings. The van der Waals surface area contributed by atoms with Crippen LogP contribution in [-0.4, -0.2) is 46.3 Å². The number of ether oxygens (including phenoxy) is 2. The van der Waals surface area contributed by atoms with Gasteiger partial charge in [0.15, 0.2) is 0 Å². The maximum Gasteiger partial charge on any atom is 0.223 e. The van der Waals surface area contributed by atoms with E-state index in [1.165, 1.54) is 0 Å². The molecule has 0 radical (unpaired) electrons. The van der Waals surface area contributed by atoms with Crippen molar-refractivity contribution in [1.29, 1.82) is 0 Å². The summed E-state index contributed by atoms with van der Waals surface area (Å²) in [7, 11) is 0. The Labute approximate surface area is 143 Å². The number of amides is 1. The highest BCUT2D eigenvalue weighted by Gasteiger charge is 2.37. The predicted molar refractivity (Wildman–Crippen MR) is 93.6 cm³/mol. The maximum absolute atomic E-state index is 12.6. The van der Waals surface area contributed by atoms with E-state index in [0.717, 1.165) is 6.42 Å². The van der Waals surface area contributed by atoms with Crippen LogP contribution in [0.15, 0.2) is 0 Å². The summed E-state index contributed by atoms with van der Waals surface area (Å²) >= 11 is 2.24. The summed E-state index contributed by atoms with van der Waals surface area (Å²) in [6, 6.07) is 0.140. The van der Waals surface area contributed by atoms with E-state index in [0.29, 0.717) is 19.6 Å². The zero-order chi connectivity index (χ0) is 16.2. The van der Waals surface area contributed by atoms with Crippen LogP contribution in [0, 0.1) is 5.41 Å². The fraction of sp³-hybridized carbons (Fsp3) is 0.938. The van der Waals surface area contributed by atoms with Crippen LogP contribution in [0.4, 0.5) is 0 Å². The number of carbonyl (C=O) groups excluding carboxylic acids is 1. The van der Waals surface area contributed by atoms with Gasteiger partial charge in [-0.25, -0.2) is 0 Å². The van der Waals surface area contributed by atoms with E-state index < -0.39 is 0 Å². The lowest BCUT2D eigenvalue weighted by Gasteiger charge is -2.28. The van der Waals surface area contributed by atoms with E-state index >= 15 is 0 Å². The highest BCUT2D eigenvalue weighted by Crippen LogP contribution is 2.27. The zero-order valence-electron chi connectivity index (χ0n) is 14.2. The smallest absolute Gasteiger partial charge is 0.223 e. The zero-order valence-corrected chi connectivity index (χ0v) is 16.3. The van der Waals surface area contributed by atoms with Crippen LogP contribution in [0.25, 0.3) is 0 Å². The van der Waals surface area contributed by atoms with E-state index in [-0.39, 0.29) is 33.7 Å². The Hall–Kier alpha value is 0.120. The molecule has 0 saturated carbocycles. The molecule has 21 heavy (non-hydrogen) atoms. The van der Waals surface area contributed by atoms with Crippen LogP contribution in [0.5, 0.6) is 0 Å². The number of carbonyl (C=O) groups is 1. The number of hydrogen-bond acceptors (Lipinski definition) is 3. The molecule has 3 atom stereocenters. The van der Waals surface area contributed by atoms with Crippen molar-refractivity contribution in [2.45, 2.75) is 76.7 Å². The first kappa shape index (κ1) is 19.2. The Morgan fingerprint density at radius 1 is 1.33 bits per heavy atom. The van der Waals surface area contributed by atoms with E-state index in [2.05, 4.69) is 43.4 Å². The van der Waals surface area contributed by atoms with E-state index in [1.807, 2.05) is 25.7 Å². The standard InChI is InChI=1S/C16H30INO3/c1-11(2)21-14-7-13(10-20-12(3)17)18(9-14)15(19)8-16(4,5)6/h11-14H,7-10H2,1-6H3/t12?,13?,14-/m1/s1. The van der Waals surface area contributed by atoms with Crippen molar-refractivity contribution in [1.82, 2.24) is 4.90 Å². The molecule has 0 N–H and O–H groups in total. The molecular formula is C16H30INO3. The fourth-order valence-electron chi connectivity index (χ4n) is 2.62. The Kier molecular flexibility index (Phi) is 7.40. The average molecular weight is 411 g/mol. The van der Waals surface area contributed by atoms with Crippen LogP contribution in [0.2, 0.25) is 0 Å². The molecular weight excluding hydrogens is 381 g/mol. The summed E-state index contributed by atoms with van der Waals surface area (Å²) in [4.78, 5) is 14.5. The lowest BCUT2D eigenvalue weighted by atomic mass is 9.91. The van der Waals surface area contributed by atoms with Crippen molar-refractivity contribution in [3.63, 3.8) is 0 Å². The largest absolute Gasteiger partial charge is 0.374 e. The minimum absolute atomic E-state index is 0.00996. The van der Waals surface area contributed by atoms with Gasteiger partial charge in [0.05, 0.1) is 24.9 Å². The molecule has 4 nitrogen and oxygen atoms in total. The van der Waals surface area contributed by atoms with Gasteiger partial charge in [0.25, 0.3) is 0 Å². The molecule has 0 bridgehead atoms. The molecule has 1 heterocycles. The van der Waals surface area contributed by atoms with Gasteiger partial charge in [-0.3, -0.25) is 4.79 Å². The summed E-state index contributed by atoms with van der Waals surface area (Å²) in [6.07, 6.45) is 1.76. The number of likely N-dealkylation sites (tertiary alicyclic amines) is 1. The van der Waals surface area contributed by atoms with Crippen LogP contribution >= 0.6 is 22.6 Å². The molecule has 0 aromatic carbocycles. The third kappa shape index (κ3) is 7.28. The fourth-order valence-corrected chi connectivity index (χ4v) is 2.83. The van der Waals surface area contributed by atoms with Crippen molar-refractivity contribution in [2.75, 3.05) is 13.2 Å². The van der Waals surface area contributed by atoms with Crippen molar-refractivity contribution >= 4 is 28.5 Å². The molecule has 0 spiro atoms. The maximum atomic E-state index is 12.6. The number of nitrogens with zero attached hydrogens (tertiary/aromatic N) is 1. The lowest BCUT2D eigenvalue weighted by molar-refractivity contribution is -0.135. The highest BCUT2D eigenvalue weighted by molar-refractivity contribution is 14.1. The Bertz CT molecular complexity index is 339. The van der Waals surface area contributed by atoms with Crippen molar-refractivity contribution in [3.8, 4) is 0 Å². The molecule has 1 amide bonds. The molecule has 0 aliphatic carbocycles. The van der Waals surface area contributed by atoms with Crippen LogP contribution in [0.3, 0.4) is 0 Å². The second kappa shape index (κ2) is 8.11. The third-order valence-corrected chi connectivity index (χ3v) is 3.72. The molecule has 1 fully saturated rings. The SMILES string of the molecule is CC(C)O[C@@H]1CC(COC(C)I)N(C(=O)CC(C)(C)C)C1. The quantitative estimate of drug-likeness (QED) is 0.495. The van der Waals surface area contributed by atoms with Gasteiger partial charge in [0.1, 0.15) is 4.11 Å². The van der Waals surface area contributed by atoms with Gasteiger partial charge in [-0.1, -0.05) is 43.4 Å². The first-order valence-corrected chi connectivity index (χ1v) is 9.03. The number of hydrogen-bond donors (Lipinski definition) is 0. The Morgan fingerprint density at radius 3 is 2.43 bits per heavy atom. The molecule has 1 aliphatic heterocycles. The molecule has 124 valence electrons. The normalized spacial score (nSPS) is 24.7. The van der Waals surface area contributed by atoms with Gasteiger partial charge in [0.2, 0.25) is 5.91 Å². The van der Waals surface area contributed by atoms with Crippen molar-refractivity contribution in [2.24, 2.45) is 5.41 Å². The van der Waals surface area contributed by atoms with Gasteiger partial charge < -0.3 is 14.4 Å². The van der Waals surface area contributed by atoms with Crippen molar-refractivity contribution in [3.05, 3.63) is 0 Å². The van der Waals surface area contributed by atoms with Crippen LogP contribution in [0.1, 0.15) is 54.4 Å². The summed E-state index contributed by atoms with van der Waals surface area (Å²) in [5.74, 6) is 0.215. The summed E-state index contributed by atoms with van der Waals surface area (Å²) in [6.45, 7) is 13.7. The van der Waals surface area contributed by atoms with Gasteiger partial charge in [-0.05, 0) is 32.6 Å². The predicted octanol–water partition coefficient (Wildman–Crippen LogP) is 3.61. The Balaban J connectivity index is 2.68.